The predicted molar refractivity (Wildman–Crippen MR) is 123 cm³/mol. The molecule has 0 saturated carbocycles. The zero-order chi connectivity index (χ0) is 22.6. The Hall–Kier alpha value is -2.17. The Labute approximate surface area is 199 Å². The molecule has 0 atom stereocenters. The van der Waals surface area contributed by atoms with Gasteiger partial charge in [0.2, 0.25) is 11.8 Å². The van der Waals surface area contributed by atoms with Crippen LogP contribution in [0.15, 0.2) is 52.4 Å². The van der Waals surface area contributed by atoms with Crippen molar-refractivity contribution < 1.29 is 13.9 Å². The highest BCUT2D eigenvalue weighted by atomic mass is 35.5. The lowest BCUT2D eigenvalue weighted by molar-refractivity contribution is -0.898. The van der Waals surface area contributed by atoms with Crippen molar-refractivity contribution in [2.24, 2.45) is 0 Å². The summed E-state index contributed by atoms with van der Waals surface area (Å²) in [6, 6.07) is 8.80. The number of hydrogen-bond donors (Lipinski definition) is 1. The van der Waals surface area contributed by atoms with E-state index in [1.54, 1.807) is 36.7 Å². The van der Waals surface area contributed by atoms with Crippen molar-refractivity contribution in [1.82, 2.24) is 20.5 Å². The van der Waals surface area contributed by atoms with Crippen LogP contribution >= 0.6 is 35.0 Å². The van der Waals surface area contributed by atoms with Gasteiger partial charge in [-0.05, 0) is 24.3 Å². The van der Waals surface area contributed by atoms with Crippen LogP contribution in [-0.4, -0.2) is 50.6 Å². The number of thioether (sulfide) groups is 1. The van der Waals surface area contributed by atoms with Gasteiger partial charge in [0.1, 0.15) is 6.54 Å². The smallest absolute Gasteiger partial charge is 0.277 e. The summed E-state index contributed by atoms with van der Waals surface area (Å²) in [5, 5.41) is 25.3. The van der Waals surface area contributed by atoms with Gasteiger partial charge < -0.3 is 19.6 Å². The quantitative estimate of drug-likeness (QED) is 0.296. The van der Waals surface area contributed by atoms with Gasteiger partial charge >= 0.3 is 0 Å². The largest absolute Gasteiger partial charge is 0.633 e. The second-order valence-electron chi connectivity index (χ2n) is 7.65. The highest BCUT2D eigenvalue weighted by molar-refractivity contribution is 7.99. The van der Waals surface area contributed by atoms with Crippen LogP contribution in [0.5, 0.6) is 0 Å². The molecule has 3 aromatic rings. The van der Waals surface area contributed by atoms with Crippen molar-refractivity contribution in [3.05, 3.63) is 63.5 Å². The zero-order valence-corrected chi connectivity index (χ0v) is 19.4. The van der Waals surface area contributed by atoms with E-state index in [-0.39, 0.29) is 22.3 Å². The summed E-state index contributed by atoms with van der Waals surface area (Å²) in [6.45, 7) is 1.19. The Bertz CT molecular complexity index is 1070. The van der Waals surface area contributed by atoms with Gasteiger partial charge in [0, 0.05) is 42.4 Å². The van der Waals surface area contributed by atoms with Crippen molar-refractivity contribution >= 4 is 40.9 Å². The number of quaternary nitrogens is 1. The number of pyridine rings is 1. The van der Waals surface area contributed by atoms with E-state index < -0.39 is 0 Å². The van der Waals surface area contributed by atoms with Crippen molar-refractivity contribution in [3.8, 4) is 11.5 Å². The first-order chi connectivity index (χ1) is 15.4. The third-order valence-corrected chi connectivity index (χ3v) is 6.81. The zero-order valence-electron chi connectivity index (χ0n) is 17.0. The Morgan fingerprint density at radius 1 is 1.16 bits per heavy atom. The molecule has 0 radical (unpaired) electrons. The van der Waals surface area contributed by atoms with E-state index in [9.17, 15) is 10.0 Å². The topological polar surface area (TPSA) is 104 Å². The molecule has 0 bridgehead atoms. The second-order valence-corrected chi connectivity index (χ2v) is 9.39. The maximum absolute atomic E-state index is 13.1. The average molecular weight is 494 g/mol. The number of nitrogens with one attached hydrogen (secondary N) is 1. The van der Waals surface area contributed by atoms with Crippen LogP contribution in [0.4, 0.5) is 0 Å². The third kappa shape index (κ3) is 5.99. The summed E-state index contributed by atoms with van der Waals surface area (Å²) >= 11 is 13.2. The molecule has 1 N–H and O–H groups in total. The van der Waals surface area contributed by atoms with E-state index in [4.69, 9.17) is 27.6 Å². The molecule has 2 aromatic heterocycles. The van der Waals surface area contributed by atoms with Crippen molar-refractivity contribution in [1.29, 1.82) is 0 Å². The Morgan fingerprint density at radius 2 is 1.91 bits per heavy atom. The number of amides is 1. The van der Waals surface area contributed by atoms with E-state index in [1.165, 1.54) is 11.8 Å². The normalized spacial score (nSPS) is 20.8. The summed E-state index contributed by atoms with van der Waals surface area (Å²) < 4.78 is 5.25. The molecule has 1 fully saturated rings. The van der Waals surface area contributed by atoms with E-state index >= 15 is 0 Å². The van der Waals surface area contributed by atoms with Crippen LogP contribution in [0.3, 0.4) is 0 Å². The number of rotatable bonds is 7. The second kappa shape index (κ2) is 10.2. The molecule has 1 aliphatic rings. The van der Waals surface area contributed by atoms with Gasteiger partial charge in [-0.2, -0.15) is 0 Å². The highest BCUT2D eigenvalue weighted by Crippen LogP contribution is 2.27. The first-order valence-corrected chi connectivity index (χ1v) is 11.8. The number of hydroxylamine groups is 3. The van der Waals surface area contributed by atoms with Gasteiger partial charge in [0.25, 0.3) is 5.22 Å². The van der Waals surface area contributed by atoms with Gasteiger partial charge in [-0.1, -0.05) is 41.0 Å². The molecule has 32 heavy (non-hydrogen) atoms. The molecule has 4 rings (SSSR count). The molecule has 11 heteroatoms. The van der Waals surface area contributed by atoms with Gasteiger partial charge in [-0.3, -0.25) is 9.78 Å². The van der Waals surface area contributed by atoms with Gasteiger partial charge in [-0.25, -0.2) is 0 Å². The number of nitrogens with zero attached hydrogens (tertiary/aromatic N) is 4. The molecular formula is C21H21Cl2N5O3S. The summed E-state index contributed by atoms with van der Waals surface area (Å²) in [5.41, 5.74) is 1.63. The van der Waals surface area contributed by atoms with Gasteiger partial charge in [0.05, 0.1) is 28.9 Å². The number of piperidine rings is 1. The first kappa shape index (κ1) is 23.0. The van der Waals surface area contributed by atoms with E-state index in [1.807, 2.05) is 6.07 Å². The van der Waals surface area contributed by atoms with Crippen LogP contribution in [0.1, 0.15) is 18.4 Å². The van der Waals surface area contributed by atoms with E-state index in [0.717, 1.165) is 11.1 Å². The third-order valence-electron chi connectivity index (χ3n) is 5.25. The molecule has 0 aliphatic carbocycles. The minimum Gasteiger partial charge on any atom is -0.633 e. The summed E-state index contributed by atoms with van der Waals surface area (Å²) in [6.07, 6.45) is 4.52. The Kier molecular flexibility index (Phi) is 7.32. The molecule has 168 valence electrons. The van der Waals surface area contributed by atoms with Crippen molar-refractivity contribution in [3.63, 3.8) is 0 Å². The van der Waals surface area contributed by atoms with E-state index in [0.29, 0.717) is 53.6 Å². The summed E-state index contributed by atoms with van der Waals surface area (Å²) in [4.78, 5) is 16.3. The number of benzene rings is 1. The summed E-state index contributed by atoms with van der Waals surface area (Å²) in [7, 11) is 0. The number of carbonyl (C=O) groups excluding carboxylic acids is 1. The van der Waals surface area contributed by atoms with E-state index in [2.05, 4.69) is 20.5 Å². The maximum atomic E-state index is 13.1. The highest BCUT2D eigenvalue weighted by Gasteiger charge is 2.28. The fraction of sp³-hybridized carbons (Fsp3) is 0.333. The van der Waals surface area contributed by atoms with Crippen LogP contribution < -0.4 is 5.32 Å². The molecule has 0 unspecified atom stereocenters. The van der Waals surface area contributed by atoms with Crippen LogP contribution in [0, 0.1) is 5.21 Å². The molecule has 1 aromatic carbocycles. The van der Waals surface area contributed by atoms with Crippen molar-refractivity contribution in [2.45, 2.75) is 30.7 Å². The fourth-order valence-electron chi connectivity index (χ4n) is 3.59. The van der Waals surface area contributed by atoms with Gasteiger partial charge in [-0.15, -0.1) is 10.2 Å². The molecule has 0 spiro atoms. The molecule has 1 amide bonds. The number of likely N-dealkylation sites (tertiary alicyclic amines) is 1. The average Bonchev–Trinajstić information content (AvgIpc) is 3.26. The predicted octanol–water partition coefficient (Wildman–Crippen LogP) is 4.32. The lowest BCUT2D eigenvalue weighted by atomic mass is 10.0. The number of aromatic nitrogens is 3. The van der Waals surface area contributed by atoms with Crippen LogP contribution in [0.2, 0.25) is 10.0 Å². The standard InChI is InChI=1S/C21H21Cl2N5O3S/c22-17-2-1-14(11-18(17)23)12-28(30)9-5-16(6-10-28)25-19(29)13-32-21-27-26-20(31-21)15-3-7-24-8-4-15/h1-4,7-8,11,16H,5-6,9-10,12-13H2,(H,25,29). The SMILES string of the molecule is O=C(CSc1nnc(-c2ccncc2)o1)NC1CC[N+]([O-])(Cc2ccc(Cl)c(Cl)c2)CC1. The Morgan fingerprint density at radius 3 is 2.62 bits per heavy atom. The van der Waals surface area contributed by atoms with Crippen LogP contribution in [0.25, 0.3) is 11.5 Å². The fourth-order valence-corrected chi connectivity index (χ4v) is 4.48. The first-order valence-electron chi connectivity index (χ1n) is 10.1. The monoisotopic (exact) mass is 493 g/mol. The van der Waals surface area contributed by atoms with Crippen LogP contribution in [-0.2, 0) is 11.3 Å². The minimum absolute atomic E-state index is 0.0211. The number of hydrogen-bond acceptors (Lipinski definition) is 7. The summed E-state index contributed by atoms with van der Waals surface area (Å²) in [5.74, 6) is 0.419. The molecule has 8 nitrogen and oxygen atoms in total. The number of halogens is 2. The molecule has 1 aliphatic heterocycles. The maximum Gasteiger partial charge on any atom is 0.277 e. The minimum atomic E-state index is -0.334. The molecule has 3 heterocycles. The van der Waals surface area contributed by atoms with Crippen molar-refractivity contribution in [2.75, 3.05) is 18.8 Å². The number of carbonyl (C=O) groups is 1. The molecule has 1 saturated heterocycles. The molecular weight excluding hydrogens is 473 g/mol. The lowest BCUT2D eigenvalue weighted by Crippen LogP contribution is -2.52. The lowest BCUT2D eigenvalue weighted by Gasteiger charge is -2.47. The van der Waals surface area contributed by atoms with Gasteiger partial charge in [0.15, 0.2) is 0 Å². The Balaban J connectivity index is 1.22.